The van der Waals surface area contributed by atoms with Crippen LogP contribution in [0.5, 0.6) is 5.75 Å². The normalized spacial score (nSPS) is 20.4. The van der Waals surface area contributed by atoms with Gasteiger partial charge in [0.05, 0.1) is 37.3 Å². The number of ether oxygens (including phenoxy) is 1. The predicted molar refractivity (Wildman–Crippen MR) is 126 cm³/mol. The molecule has 0 saturated carbocycles. The third-order valence-corrected chi connectivity index (χ3v) is 7.09. The number of para-hydroxylation sites is 1. The Balaban J connectivity index is 1.50. The standard InChI is InChI=1S/C26H25N5O2/c1-26(2)19-12-16(24-18(13-29-30-24)21-14-27-10-11-28-21)8-9-22(19)31(32-3)25-17-6-4-5-7-23(17)33-15-20(25)26/h4-14,20,25H,15H2,1-3H3,(H,29,30)/t20-,25+/m0/s1. The van der Waals surface area contributed by atoms with Crippen LogP contribution in [0.15, 0.2) is 67.3 Å². The molecule has 2 aliphatic rings. The number of nitrogens with zero attached hydrogens (tertiary/aromatic N) is 4. The number of nitrogens with one attached hydrogen (secondary N) is 1. The van der Waals surface area contributed by atoms with E-state index >= 15 is 0 Å². The molecule has 0 radical (unpaired) electrons. The first-order valence-electron chi connectivity index (χ1n) is 11.1. The van der Waals surface area contributed by atoms with Crippen LogP contribution in [-0.4, -0.2) is 33.9 Å². The van der Waals surface area contributed by atoms with Crippen LogP contribution >= 0.6 is 0 Å². The first kappa shape index (κ1) is 19.9. The fourth-order valence-corrected chi connectivity index (χ4v) is 5.33. The monoisotopic (exact) mass is 439 g/mol. The van der Waals surface area contributed by atoms with E-state index in [4.69, 9.17) is 9.57 Å². The van der Waals surface area contributed by atoms with Crippen LogP contribution in [-0.2, 0) is 10.3 Å². The molecule has 6 rings (SSSR count). The summed E-state index contributed by atoms with van der Waals surface area (Å²) in [6.07, 6.45) is 6.99. The number of aromatic nitrogens is 4. The van der Waals surface area contributed by atoms with Crippen molar-refractivity contribution in [2.24, 2.45) is 5.92 Å². The van der Waals surface area contributed by atoms with Gasteiger partial charge >= 0.3 is 0 Å². The lowest BCUT2D eigenvalue weighted by Crippen LogP contribution is -2.51. The SMILES string of the molecule is CON1c2ccc(-c3n[nH]cc3-c3cnccn3)cc2C(C)(C)[C@H]2COc3ccccc3[C@H]21. The topological polar surface area (TPSA) is 76.2 Å². The third-order valence-electron chi connectivity index (χ3n) is 7.09. The van der Waals surface area contributed by atoms with Crippen molar-refractivity contribution in [2.75, 3.05) is 18.8 Å². The molecule has 0 saturated heterocycles. The van der Waals surface area contributed by atoms with Gasteiger partial charge in [0.15, 0.2) is 0 Å². The summed E-state index contributed by atoms with van der Waals surface area (Å²) in [7, 11) is 1.74. The molecule has 1 N–H and O–H groups in total. The van der Waals surface area contributed by atoms with Crippen LogP contribution in [0.25, 0.3) is 22.5 Å². The third kappa shape index (κ3) is 2.96. The highest BCUT2D eigenvalue weighted by Crippen LogP contribution is 2.55. The second kappa shape index (κ2) is 7.42. The van der Waals surface area contributed by atoms with Crippen molar-refractivity contribution >= 4 is 5.69 Å². The van der Waals surface area contributed by atoms with Crippen LogP contribution < -0.4 is 9.80 Å². The Kier molecular flexibility index (Phi) is 4.48. The van der Waals surface area contributed by atoms with E-state index in [1.54, 1.807) is 25.7 Å². The molecule has 7 heteroatoms. The number of H-pyrrole nitrogens is 1. The van der Waals surface area contributed by atoms with E-state index in [9.17, 15) is 0 Å². The number of hydrogen-bond donors (Lipinski definition) is 1. The number of fused-ring (bicyclic) bond motifs is 4. The van der Waals surface area contributed by atoms with E-state index in [-0.39, 0.29) is 17.4 Å². The van der Waals surface area contributed by atoms with Gasteiger partial charge in [-0.15, -0.1) is 0 Å². The van der Waals surface area contributed by atoms with E-state index in [0.717, 1.165) is 39.5 Å². The highest BCUT2D eigenvalue weighted by molar-refractivity contribution is 5.80. The van der Waals surface area contributed by atoms with Crippen LogP contribution in [0.4, 0.5) is 5.69 Å². The zero-order valence-electron chi connectivity index (χ0n) is 18.8. The van der Waals surface area contributed by atoms with Gasteiger partial charge in [0, 0.05) is 46.6 Å². The Hall–Kier alpha value is -3.71. The minimum absolute atomic E-state index is 0.0776. The lowest BCUT2D eigenvalue weighted by atomic mass is 9.65. The second-order valence-electron chi connectivity index (χ2n) is 9.10. The molecule has 2 aromatic carbocycles. The highest BCUT2D eigenvalue weighted by Gasteiger charge is 2.50. The van der Waals surface area contributed by atoms with Crippen molar-refractivity contribution in [1.82, 2.24) is 20.2 Å². The van der Waals surface area contributed by atoms with Crippen LogP contribution in [0.3, 0.4) is 0 Å². The number of hydroxylamine groups is 1. The van der Waals surface area contributed by atoms with Crippen LogP contribution in [0.2, 0.25) is 0 Å². The first-order chi connectivity index (χ1) is 16.1. The summed E-state index contributed by atoms with van der Waals surface area (Å²) < 4.78 is 6.20. The lowest BCUT2D eigenvalue weighted by molar-refractivity contribution is 0.0442. The molecular formula is C26H25N5O2. The minimum Gasteiger partial charge on any atom is -0.493 e. The van der Waals surface area contributed by atoms with Crippen molar-refractivity contribution < 1.29 is 9.57 Å². The van der Waals surface area contributed by atoms with Gasteiger partial charge in [0.1, 0.15) is 11.4 Å². The van der Waals surface area contributed by atoms with E-state index in [1.807, 2.05) is 23.4 Å². The predicted octanol–water partition coefficient (Wildman–Crippen LogP) is 4.94. The summed E-state index contributed by atoms with van der Waals surface area (Å²) in [6, 6.07) is 14.8. The maximum atomic E-state index is 6.20. The molecule has 2 aliphatic heterocycles. The molecule has 0 aliphatic carbocycles. The van der Waals surface area contributed by atoms with Gasteiger partial charge in [-0.05, 0) is 23.8 Å². The Morgan fingerprint density at radius 3 is 2.85 bits per heavy atom. The van der Waals surface area contributed by atoms with Crippen molar-refractivity contribution in [3.63, 3.8) is 0 Å². The zero-order chi connectivity index (χ0) is 22.6. The summed E-state index contributed by atoms with van der Waals surface area (Å²) in [5.74, 6) is 1.15. The molecule has 0 fully saturated rings. The lowest BCUT2D eigenvalue weighted by Gasteiger charge is -2.52. The van der Waals surface area contributed by atoms with E-state index in [2.05, 4.69) is 64.3 Å². The summed E-state index contributed by atoms with van der Waals surface area (Å²) in [4.78, 5) is 14.7. The number of anilines is 1. The number of hydrogen-bond acceptors (Lipinski definition) is 6. The fourth-order valence-electron chi connectivity index (χ4n) is 5.33. The molecule has 166 valence electrons. The Bertz CT molecular complexity index is 1320. The van der Waals surface area contributed by atoms with Crippen LogP contribution in [0, 0.1) is 5.92 Å². The highest BCUT2D eigenvalue weighted by atomic mass is 16.7. The molecule has 33 heavy (non-hydrogen) atoms. The summed E-state index contributed by atoms with van der Waals surface area (Å²) >= 11 is 0. The molecule has 0 amide bonds. The molecule has 0 spiro atoms. The van der Waals surface area contributed by atoms with Crippen molar-refractivity contribution in [3.8, 4) is 28.3 Å². The van der Waals surface area contributed by atoms with Crippen molar-refractivity contribution in [2.45, 2.75) is 25.3 Å². The quantitative estimate of drug-likeness (QED) is 0.487. The summed E-state index contributed by atoms with van der Waals surface area (Å²) in [5, 5.41) is 9.59. The second-order valence-corrected chi connectivity index (χ2v) is 9.10. The van der Waals surface area contributed by atoms with Gasteiger partial charge in [0.25, 0.3) is 0 Å². The first-order valence-corrected chi connectivity index (χ1v) is 11.1. The molecule has 4 heterocycles. The molecule has 0 bridgehead atoms. The summed E-state index contributed by atoms with van der Waals surface area (Å²) in [6.45, 7) is 5.23. The smallest absolute Gasteiger partial charge is 0.124 e. The largest absolute Gasteiger partial charge is 0.493 e. The maximum absolute atomic E-state index is 6.20. The zero-order valence-corrected chi connectivity index (χ0v) is 18.8. The Labute approximate surface area is 192 Å². The van der Waals surface area contributed by atoms with E-state index < -0.39 is 0 Å². The van der Waals surface area contributed by atoms with Crippen molar-refractivity contribution in [1.29, 1.82) is 0 Å². The molecule has 7 nitrogen and oxygen atoms in total. The molecule has 0 unspecified atom stereocenters. The molecule has 2 atom stereocenters. The van der Waals surface area contributed by atoms with Crippen molar-refractivity contribution in [3.05, 3.63) is 78.4 Å². The van der Waals surface area contributed by atoms with Gasteiger partial charge < -0.3 is 4.74 Å². The maximum Gasteiger partial charge on any atom is 0.124 e. The number of benzene rings is 2. The summed E-state index contributed by atoms with van der Waals surface area (Å²) in [5.41, 5.74) is 6.88. The van der Waals surface area contributed by atoms with Gasteiger partial charge in [-0.3, -0.25) is 19.9 Å². The fraction of sp³-hybridized carbons (Fsp3) is 0.269. The van der Waals surface area contributed by atoms with Crippen LogP contribution in [0.1, 0.15) is 31.0 Å². The minimum atomic E-state index is -0.151. The average Bonchev–Trinajstić information content (AvgIpc) is 3.35. The van der Waals surface area contributed by atoms with E-state index in [1.165, 1.54) is 5.56 Å². The van der Waals surface area contributed by atoms with Gasteiger partial charge in [-0.25, -0.2) is 5.06 Å². The average molecular weight is 440 g/mol. The molecule has 4 aromatic rings. The van der Waals surface area contributed by atoms with Gasteiger partial charge in [0.2, 0.25) is 0 Å². The number of rotatable bonds is 3. The van der Waals surface area contributed by atoms with Gasteiger partial charge in [-0.2, -0.15) is 5.10 Å². The van der Waals surface area contributed by atoms with Gasteiger partial charge in [-0.1, -0.05) is 38.1 Å². The number of aromatic amines is 1. The molecule has 2 aromatic heterocycles. The molecular weight excluding hydrogens is 414 g/mol. The Morgan fingerprint density at radius 1 is 1.15 bits per heavy atom. The van der Waals surface area contributed by atoms with E-state index in [0.29, 0.717) is 6.61 Å². The Morgan fingerprint density at radius 2 is 2.03 bits per heavy atom.